The third kappa shape index (κ3) is 6.75. The third-order valence-corrected chi connectivity index (χ3v) is 6.23. The van der Waals surface area contributed by atoms with Crippen LogP contribution in [-0.4, -0.2) is 71.3 Å². The first-order valence-corrected chi connectivity index (χ1v) is 12.6. The summed E-state index contributed by atoms with van der Waals surface area (Å²) in [6.07, 6.45) is 3.61. The molecule has 37 heavy (non-hydrogen) atoms. The first-order valence-electron chi connectivity index (χ1n) is 11.0. The van der Waals surface area contributed by atoms with Crippen molar-refractivity contribution in [3.8, 4) is 0 Å². The van der Waals surface area contributed by atoms with Gasteiger partial charge in [0.2, 0.25) is 5.91 Å². The van der Waals surface area contributed by atoms with Gasteiger partial charge in [-0.2, -0.15) is 8.42 Å². The second kappa shape index (κ2) is 11.3. The number of carbonyl (C=O) groups excluding carboxylic acids is 5. The van der Waals surface area contributed by atoms with Gasteiger partial charge in [-0.05, 0) is 31.6 Å². The van der Waals surface area contributed by atoms with Gasteiger partial charge in [0.25, 0.3) is 21.9 Å². The van der Waals surface area contributed by atoms with Crippen molar-refractivity contribution in [3.05, 3.63) is 65.8 Å². The minimum Gasteiger partial charge on any atom is -0.372 e. The molecule has 13 nitrogen and oxygen atoms in total. The monoisotopic (exact) mass is 532 g/mol. The Bertz CT molecular complexity index is 1320. The number of benzene rings is 1. The number of amides is 7. The number of para-hydroxylation sites is 1. The number of anilines is 1. The van der Waals surface area contributed by atoms with Crippen molar-refractivity contribution in [1.82, 2.24) is 15.5 Å². The van der Waals surface area contributed by atoms with E-state index in [2.05, 4.69) is 5.32 Å². The molecule has 196 valence electrons. The second-order valence-corrected chi connectivity index (χ2v) is 9.72. The standard InChI is InChI=1S/C23H24N4O9S/c1-14(8-10-16-18(28)24-22(32)26(20(16)30)12-5-13-37(34,35)36)9-11-17-19(29)25-23(33)27(21(17)31)15-6-3-2-4-7-15/h2-4,6-11,17,21,31H,5,12-13H2,1H3,(H,24,28,32)(H,25,29,33)(H,34,35,36)/b11-9+,14-8+,16-10+. The van der Waals surface area contributed by atoms with Crippen molar-refractivity contribution in [1.29, 1.82) is 0 Å². The summed E-state index contributed by atoms with van der Waals surface area (Å²) in [5.74, 6) is -4.41. The summed E-state index contributed by atoms with van der Waals surface area (Å²) in [5, 5.41) is 14.8. The van der Waals surface area contributed by atoms with Crippen molar-refractivity contribution in [3.63, 3.8) is 0 Å². The van der Waals surface area contributed by atoms with E-state index < -0.39 is 63.4 Å². The van der Waals surface area contributed by atoms with Crippen LogP contribution in [0, 0.1) is 5.92 Å². The molecule has 0 bridgehead atoms. The average Bonchev–Trinajstić information content (AvgIpc) is 2.80. The molecule has 3 rings (SSSR count). The van der Waals surface area contributed by atoms with Crippen molar-refractivity contribution in [2.24, 2.45) is 5.92 Å². The zero-order valence-corrected chi connectivity index (χ0v) is 20.3. The smallest absolute Gasteiger partial charge is 0.331 e. The van der Waals surface area contributed by atoms with E-state index in [1.165, 1.54) is 18.2 Å². The molecule has 2 atom stereocenters. The van der Waals surface area contributed by atoms with E-state index in [0.717, 1.165) is 11.0 Å². The Hall–Kier alpha value is -4.14. The maximum absolute atomic E-state index is 12.6. The lowest BCUT2D eigenvalue weighted by Gasteiger charge is -2.35. The molecular formula is C23H24N4O9S. The number of hydrogen-bond donors (Lipinski definition) is 4. The molecule has 0 aliphatic carbocycles. The van der Waals surface area contributed by atoms with Crippen molar-refractivity contribution in [2.75, 3.05) is 17.2 Å². The van der Waals surface area contributed by atoms with Gasteiger partial charge in [0, 0.05) is 12.2 Å². The van der Waals surface area contributed by atoms with Crippen LogP contribution in [0.4, 0.5) is 15.3 Å². The van der Waals surface area contributed by atoms with Crippen LogP contribution in [0.3, 0.4) is 0 Å². The number of rotatable bonds is 8. The molecule has 2 aliphatic heterocycles. The first kappa shape index (κ1) is 27.4. The zero-order valence-electron chi connectivity index (χ0n) is 19.5. The average molecular weight is 533 g/mol. The van der Waals surface area contributed by atoms with Crippen molar-refractivity contribution < 1.29 is 42.0 Å². The van der Waals surface area contributed by atoms with Gasteiger partial charge in [0.05, 0.1) is 5.75 Å². The van der Waals surface area contributed by atoms with Gasteiger partial charge < -0.3 is 5.11 Å². The molecule has 0 saturated carbocycles. The van der Waals surface area contributed by atoms with Crippen LogP contribution in [0.25, 0.3) is 0 Å². The fraction of sp³-hybridized carbons (Fsp3) is 0.261. The van der Waals surface area contributed by atoms with E-state index in [1.807, 2.05) is 5.32 Å². The number of barbiturate groups is 1. The zero-order chi connectivity index (χ0) is 27.3. The number of aliphatic hydroxyl groups excluding tert-OH is 1. The third-order valence-electron chi connectivity index (χ3n) is 5.42. The SMILES string of the molecule is CC(/C=C/C1C(=O)NC(=O)N(c2ccccc2)C1O)=C\C=C1/C(=O)NC(=O)N(CCCS(=O)(=O)O)C1=O. The number of nitrogens with zero attached hydrogens (tertiary/aromatic N) is 2. The lowest BCUT2D eigenvalue weighted by Crippen LogP contribution is -2.60. The number of imide groups is 3. The highest BCUT2D eigenvalue weighted by atomic mass is 32.2. The lowest BCUT2D eigenvalue weighted by atomic mass is 10.0. The van der Waals surface area contributed by atoms with E-state index in [1.54, 1.807) is 37.3 Å². The number of urea groups is 2. The molecule has 2 aliphatic rings. The summed E-state index contributed by atoms with van der Waals surface area (Å²) in [6.45, 7) is 1.24. The predicted molar refractivity (Wildman–Crippen MR) is 129 cm³/mol. The number of carbonyl (C=O) groups is 5. The summed E-state index contributed by atoms with van der Waals surface area (Å²) in [7, 11) is -4.29. The number of aliphatic hydroxyl groups is 1. The summed E-state index contributed by atoms with van der Waals surface area (Å²) in [5.41, 5.74) is 0.439. The minimum atomic E-state index is -4.29. The van der Waals surface area contributed by atoms with Crippen LogP contribution in [-0.2, 0) is 24.5 Å². The molecule has 7 amide bonds. The van der Waals surface area contributed by atoms with Gasteiger partial charge in [-0.1, -0.05) is 42.0 Å². The molecule has 1 aromatic rings. The molecule has 1 aromatic carbocycles. The van der Waals surface area contributed by atoms with Crippen LogP contribution in [0.1, 0.15) is 13.3 Å². The highest BCUT2D eigenvalue weighted by Gasteiger charge is 2.40. The van der Waals surface area contributed by atoms with Crippen LogP contribution in [0.15, 0.2) is 65.8 Å². The van der Waals surface area contributed by atoms with Gasteiger partial charge >= 0.3 is 12.1 Å². The fourth-order valence-electron chi connectivity index (χ4n) is 3.56. The molecule has 0 aromatic heterocycles. The van der Waals surface area contributed by atoms with Gasteiger partial charge in [0.15, 0.2) is 6.23 Å². The Kier molecular flexibility index (Phi) is 8.37. The quantitative estimate of drug-likeness (QED) is 0.159. The largest absolute Gasteiger partial charge is 0.372 e. The van der Waals surface area contributed by atoms with Gasteiger partial charge in [0.1, 0.15) is 11.5 Å². The predicted octanol–water partition coefficient (Wildman–Crippen LogP) is 0.463. The minimum absolute atomic E-state index is 0.231. The molecule has 2 unspecified atom stereocenters. The number of hydrogen-bond acceptors (Lipinski definition) is 8. The van der Waals surface area contributed by atoms with E-state index in [-0.39, 0.29) is 13.0 Å². The van der Waals surface area contributed by atoms with Gasteiger partial charge in [-0.25, -0.2) is 9.59 Å². The molecule has 14 heteroatoms. The molecule has 0 spiro atoms. The molecule has 0 radical (unpaired) electrons. The highest BCUT2D eigenvalue weighted by molar-refractivity contribution is 7.85. The molecule has 2 saturated heterocycles. The Morgan fingerprint density at radius 1 is 1.05 bits per heavy atom. The normalized spacial score (nSPS) is 22.6. The molecule has 2 fully saturated rings. The maximum Gasteiger partial charge on any atom is 0.331 e. The first-order chi connectivity index (χ1) is 17.4. The second-order valence-electron chi connectivity index (χ2n) is 8.15. The van der Waals surface area contributed by atoms with Gasteiger partial charge in [-0.3, -0.25) is 39.4 Å². The fourth-order valence-corrected chi connectivity index (χ4v) is 4.05. The van der Waals surface area contributed by atoms with E-state index >= 15 is 0 Å². The van der Waals surface area contributed by atoms with Crippen molar-refractivity contribution >= 4 is 45.6 Å². The Morgan fingerprint density at radius 2 is 1.73 bits per heavy atom. The number of allylic oxidation sites excluding steroid dienone is 4. The Morgan fingerprint density at radius 3 is 2.38 bits per heavy atom. The van der Waals surface area contributed by atoms with E-state index in [0.29, 0.717) is 16.2 Å². The molecule has 4 N–H and O–H groups in total. The summed E-state index contributed by atoms with van der Waals surface area (Å²) >= 11 is 0. The van der Waals surface area contributed by atoms with E-state index in [4.69, 9.17) is 4.55 Å². The summed E-state index contributed by atoms with van der Waals surface area (Å²) in [4.78, 5) is 63.0. The lowest BCUT2D eigenvalue weighted by molar-refractivity contribution is -0.130. The summed E-state index contributed by atoms with van der Waals surface area (Å²) < 4.78 is 30.5. The molecular weight excluding hydrogens is 508 g/mol. The topological polar surface area (TPSA) is 190 Å². The van der Waals surface area contributed by atoms with Crippen LogP contribution in [0.2, 0.25) is 0 Å². The Balaban J connectivity index is 1.74. The summed E-state index contributed by atoms with van der Waals surface area (Å²) in [6, 6.07) is 6.47. The Labute approximate surface area is 211 Å². The van der Waals surface area contributed by atoms with Gasteiger partial charge in [-0.15, -0.1) is 0 Å². The van der Waals surface area contributed by atoms with Crippen LogP contribution in [0.5, 0.6) is 0 Å². The van der Waals surface area contributed by atoms with Crippen LogP contribution < -0.4 is 15.5 Å². The van der Waals surface area contributed by atoms with Crippen LogP contribution >= 0.6 is 0 Å². The van der Waals surface area contributed by atoms with E-state index in [9.17, 15) is 37.5 Å². The number of nitrogens with one attached hydrogen (secondary N) is 2. The highest BCUT2D eigenvalue weighted by Crippen LogP contribution is 2.24. The maximum atomic E-state index is 12.6. The molecule has 2 heterocycles. The van der Waals surface area contributed by atoms with Crippen molar-refractivity contribution in [2.45, 2.75) is 19.6 Å².